The second kappa shape index (κ2) is 10.1. The molecule has 0 aliphatic carbocycles. The monoisotopic (exact) mass is 453 g/mol. The highest BCUT2D eigenvalue weighted by Crippen LogP contribution is 2.20. The van der Waals surface area contributed by atoms with Crippen molar-refractivity contribution in [3.05, 3.63) is 65.3 Å². The zero-order valence-electron chi connectivity index (χ0n) is 18.1. The summed E-state index contributed by atoms with van der Waals surface area (Å²) >= 11 is 6.02. The van der Waals surface area contributed by atoms with E-state index in [2.05, 4.69) is 27.4 Å². The number of halogens is 1. The van der Waals surface area contributed by atoms with E-state index < -0.39 is 12.1 Å². The quantitative estimate of drug-likeness (QED) is 0.532. The van der Waals surface area contributed by atoms with E-state index in [-0.39, 0.29) is 5.91 Å². The summed E-state index contributed by atoms with van der Waals surface area (Å²) < 4.78 is 0. The lowest BCUT2D eigenvalue weighted by atomic mass is 10.0. The Bertz CT molecular complexity index is 1090. The van der Waals surface area contributed by atoms with Crippen molar-refractivity contribution >= 4 is 40.1 Å². The van der Waals surface area contributed by atoms with E-state index >= 15 is 0 Å². The van der Waals surface area contributed by atoms with E-state index in [4.69, 9.17) is 11.6 Å². The second-order valence-corrected chi connectivity index (χ2v) is 8.42. The van der Waals surface area contributed by atoms with Crippen LogP contribution in [0.1, 0.15) is 12.5 Å². The van der Waals surface area contributed by atoms with Crippen molar-refractivity contribution in [2.75, 3.05) is 38.0 Å². The third kappa shape index (κ3) is 5.23. The summed E-state index contributed by atoms with van der Waals surface area (Å²) in [4.78, 5) is 33.6. The van der Waals surface area contributed by atoms with Crippen LogP contribution in [0.25, 0.3) is 10.9 Å². The van der Waals surface area contributed by atoms with Gasteiger partial charge in [0.1, 0.15) is 6.04 Å². The van der Waals surface area contributed by atoms with Crippen LogP contribution in [0, 0.1) is 0 Å². The predicted octanol–water partition coefficient (Wildman–Crippen LogP) is 3.72. The van der Waals surface area contributed by atoms with Gasteiger partial charge in [0.15, 0.2) is 0 Å². The predicted molar refractivity (Wildman–Crippen MR) is 128 cm³/mol. The van der Waals surface area contributed by atoms with Crippen molar-refractivity contribution in [2.45, 2.75) is 19.4 Å². The molecule has 1 atom stereocenters. The minimum atomic E-state index is -0.679. The van der Waals surface area contributed by atoms with Crippen LogP contribution in [0.4, 0.5) is 10.5 Å². The number of piperazine rings is 1. The first-order valence-electron chi connectivity index (χ1n) is 10.9. The average molecular weight is 454 g/mol. The van der Waals surface area contributed by atoms with Crippen LogP contribution in [0.15, 0.2) is 54.7 Å². The van der Waals surface area contributed by atoms with Gasteiger partial charge in [-0.25, -0.2) is 4.79 Å². The van der Waals surface area contributed by atoms with Gasteiger partial charge in [0.2, 0.25) is 5.91 Å². The summed E-state index contributed by atoms with van der Waals surface area (Å²) in [5.74, 6) is -0.0627. The second-order valence-electron chi connectivity index (χ2n) is 7.98. The molecule has 1 fully saturated rings. The van der Waals surface area contributed by atoms with Gasteiger partial charge in [-0.3, -0.25) is 4.79 Å². The Morgan fingerprint density at radius 2 is 1.88 bits per heavy atom. The van der Waals surface area contributed by atoms with Crippen LogP contribution in [0.5, 0.6) is 0 Å². The van der Waals surface area contributed by atoms with Crippen LogP contribution in [0.3, 0.4) is 0 Å². The molecule has 0 radical (unpaired) electrons. The number of fused-ring (bicyclic) bond motifs is 1. The van der Waals surface area contributed by atoms with E-state index in [1.807, 2.05) is 35.4 Å². The van der Waals surface area contributed by atoms with Crippen LogP contribution in [-0.4, -0.2) is 65.5 Å². The number of H-pyrrole nitrogens is 1. The maximum absolute atomic E-state index is 13.4. The lowest BCUT2D eigenvalue weighted by Crippen LogP contribution is -2.56. The molecule has 8 heteroatoms. The van der Waals surface area contributed by atoms with Gasteiger partial charge in [-0.1, -0.05) is 42.8 Å². The molecule has 7 nitrogen and oxygen atoms in total. The molecule has 1 saturated heterocycles. The molecule has 1 aliphatic heterocycles. The number of hydrogen-bond donors (Lipinski definition) is 3. The summed E-state index contributed by atoms with van der Waals surface area (Å²) in [5.41, 5.74) is 2.58. The molecule has 0 spiro atoms. The summed E-state index contributed by atoms with van der Waals surface area (Å²) in [5, 5.41) is 7.27. The number of nitrogens with zero attached hydrogens (tertiary/aromatic N) is 2. The fourth-order valence-corrected chi connectivity index (χ4v) is 4.31. The summed E-state index contributed by atoms with van der Waals surface area (Å²) in [6.45, 7) is 6.11. The van der Waals surface area contributed by atoms with Crippen molar-refractivity contribution in [1.82, 2.24) is 20.1 Å². The molecule has 3 aromatic rings. The number of para-hydroxylation sites is 1. The van der Waals surface area contributed by atoms with Gasteiger partial charge in [0, 0.05) is 60.4 Å². The van der Waals surface area contributed by atoms with Crippen LogP contribution >= 0.6 is 11.6 Å². The van der Waals surface area contributed by atoms with Gasteiger partial charge in [0.25, 0.3) is 0 Å². The first-order chi connectivity index (χ1) is 15.5. The standard InChI is InChI=1S/C24H28ClN5O2/c1-2-29-10-12-30(13-11-29)23(31)22(14-17-16-26-21-9-4-3-8-20(17)21)28-24(32)27-19-7-5-6-18(25)15-19/h3-9,15-16,22,26H,2,10-14H2,1H3,(H2,27,28,32). The highest BCUT2D eigenvalue weighted by molar-refractivity contribution is 6.30. The molecule has 168 valence electrons. The highest BCUT2D eigenvalue weighted by Gasteiger charge is 2.29. The molecule has 3 N–H and O–H groups in total. The van der Waals surface area contributed by atoms with Gasteiger partial charge in [0.05, 0.1) is 0 Å². The van der Waals surface area contributed by atoms with Crippen LogP contribution in [0.2, 0.25) is 5.02 Å². The Labute approximate surface area is 192 Å². The number of urea groups is 1. The fourth-order valence-electron chi connectivity index (χ4n) is 4.12. The Balaban J connectivity index is 1.51. The van der Waals surface area contributed by atoms with E-state index in [0.717, 1.165) is 36.1 Å². The van der Waals surface area contributed by atoms with Crippen molar-refractivity contribution in [3.63, 3.8) is 0 Å². The molecule has 3 amide bonds. The molecular weight excluding hydrogens is 426 g/mol. The molecule has 4 rings (SSSR count). The van der Waals surface area contributed by atoms with Gasteiger partial charge in [-0.2, -0.15) is 0 Å². The number of benzene rings is 2. The minimum Gasteiger partial charge on any atom is -0.361 e. The number of likely N-dealkylation sites (N-methyl/N-ethyl adjacent to an activating group) is 1. The Kier molecular flexibility index (Phi) is 6.97. The highest BCUT2D eigenvalue weighted by atomic mass is 35.5. The fraction of sp³-hybridized carbons (Fsp3) is 0.333. The molecule has 1 aliphatic rings. The van der Waals surface area contributed by atoms with Gasteiger partial charge in [-0.05, 0) is 36.4 Å². The van der Waals surface area contributed by atoms with Crippen molar-refractivity contribution in [2.24, 2.45) is 0 Å². The zero-order valence-corrected chi connectivity index (χ0v) is 18.9. The lowest BCUT2D eigenvalue weighted by Gasteiger charge is -2.36. The first kappa shape index (κ1) is 22.2. The Morgan fingerprint density at radius 1 is 1.09 bits per heavy atom. The molecular formula is C24H28ClN5O2. The number of amides is 3. The summed E-state index contributed by atoms with van der Waals surface area (Å²) in [6.07, 6.45) is 2.32. The van der Waals surface area contributed by atoms with Gasteiger partial charge in [-0.15, -0.1) is 0 Å². The zero-order chi connectivity index (χ0) is 22.5. The van der Waals surface area contributed by atoms with Crippen LogP contribution < -0.4 is 10.6 Å². The molecule has 0 saturated carbocycles. The molecule has 32 heavy (non-hydrogen) atoms. The first-order valence-corrected chi connectivity index (χ1v) is 11.3. The maximum Gasteiger partial charge on any atom is 0.319 e. The largest absolute Gasteiger partial charge is 0.361 e. The number of carbonyl (C=O) groups is 2. The topological polar surface area (TPSA) is 80.5 Å². The molecule has 2 aromatic carbocycles. The van der Waals surface area contributed by atoms with Gasteiger partial charge >= 0.3 is 6.03 Å². The van der Waals surface area contributed by atoms with Crippen LogP contribution in [-0.2, 0) is 11.2 Å². The molecule has 2 heterocycles. The number of hydrogen-bond acceptors (Lipinski definition) is 3. The van der Waals surface area contributed by atoms with E-state index in [1.165, 1.54) is 0 Å². The van der Waals surface area contributed by atoms with E-state index in [0.29, 0.717) is 30.2 Å². The molecule has 1 unspecified atom stereocenters. The smallest absolute Gasteiger partial charge is 0.319 e. The lowest BCUT2D eigenvalue weighted by molar-refractivity contribution is -0.134. The summed E-state index contributed by atoms with van der Waals surface area (Å²) in [6, 6.07) is 13.8. The third-order valence-corrected chi connectivity index (χ3v) is 6.15. The number of aromatic nitrogens is 1. The number of anilines is 1. The van der Waals surface area contributed by atoms with Gasteiger partial charge < -0.3 is 25.4 Å². The van der Waals surface area contributed by atoms with Crippen molar-refractivity contribution in [3.8, 4) is 0 Å². The Morgan fingerprint density at radius 3 is 2.62 bits per heavy atom. The molecule has 1 aromatic heterocycles. The number of carbonyl (C=O) groups excluding carboxylic acids is 2. The normalized spacial score (nSPS) is 15.5. The van der Waals surface area contributed by atoms with Crippen molar-refractivity contribution < 1.29 is 9.59 Å². The summed E-state index contributed by atoms with van der Waals surface area (Å²) in [7, 11) is 0. The number of aromatic amines is 1. The number of rotatable bonds is 6. The third-order valence-electron chi connectivity index (χ3n) is 5.92. The van der Waals surface area contributed by atoms with Crippen molar-refractivity contribution in [1.29, 1.82) is 0 Å². The number of nitrogens with one attached hydrogen (secondary N) is 3. The minimum absolute atomic E-state index is 0.0627. The average Bonchev–Trinajstić information content (AvgIpc) is 3.21. The SMILES string of the molecule is CCN1CCN(C(=O)C(Cc2c[nH]c3ccccc23)NC(=O)Nc2cccc(Cl)c2)CC1. The maximum atomic E-state index is 13.4. The van der Waals surface area contributed by atoms with E-state index in [1.54, 1.807) is 24.3 Å². The molecule has 0 bridgehead atoms. The van der Waals surface area contributed by atoms with E-state index in [9.17, 15) is 9.59 Å². The Hall–Kier alpha value is -3.03.